The molecule has 150 valence electrons. The monoisotopic (exact) mass is 410 g/mol. The van der Waals surface area contributed by atoms with E-state index in [2.05, 4.69) is 26.3 Å². The van der Waals surface area contributed by atoms with Gasteiger partial charge in [0.2, 0.25) is 5.88 Å². The molecule has 0 aromatic carbocycles. The number of nitrogens with one attached hydrogen (secondary N) is 1. The summed E-state index contributed by atoms with van der Waals surface area (Å²) in [5.74, 6) is 1.22. The average Bonchev–Trinajstić information content (AvgIpc) is 2.67. The molecular formula is C21H23ClN6O. The van der Waals surface area contributed by atoms with E-state index in [1.54, 1.807) is 0 Å². The predicted octanol–water partition coefficient (Wildman–Crippen LogP) is 3.59. The van der Waals surface area contributed by atoms with Crippen LogP contribution in [0.5, 0.6) is 5.88 Å². The molecule has 0 amide bonds. The van der Waals surface area contributed by atoms with Crippen molar-refractivity contribution in [1.82, 2.24) is 14.9 Å². The fourth-order valence-corrected chi connectivity index (χ4v) is 3.70. The molecule has 7 nitrogen and oxygen atoms in total. The molecule has 0 aliphatic carbocycles. The zero-order valence-corrected chi connectivity index (χ0v) is 17.5. The summed E-state index contributed by atoms with van der Waals surface area (Å²) in [5, 5.41) is 21.6. The van der Waals surface area contributed by atoms with Crippen LogP contribution in [0.2, 0.25) is 5.15 Å². The van der Waals surface area contributed by atoms with E-state index in [-0.39, 0.29) is 17.8 Å². The maximum Gasteiger partial charge on any atom is 0.213 e. The van der Waals surface area contributed by atoms with E-state index in [0.29, 0.717) is 30.4 Å². The summed E-state index contributed by atoms with van der Waals surface area (Å²) in [6, 6.07) is 8.17. The van der Waals surface area contributed by atoms with Gasteiger partial charge in [-0.15, -0.1) is 0 Å². The van der Waals surface area contributed by atoms with Crippen molar-refractivity contribution in [2.24, 2.45) is 0 Å². The quantitative estimate of drug-likeness (QED) is 0.573. The highest BCUT2D eigenvalue weighted by atomic mass is 35.5. The van der Waals surface area contributed by atoms with Gasteiger partial charge in [0.25, 0.3) is 0 Å². The van der Waals surface area contributed by atoms with Gasteiger partial charge in [0.1, 0.15) is 23.6 Å². The van der Waals surface area contributed by atoms with E-state index < -0.39 is 0 Å². The number of hydrogen-bond donors (Lipinski definition) is 1. The third kappa shape index (κ3) is 4.76. The van der Waals surface area contributed by atoms with E-state index in [4.69, 9.17) is 21.6 Å². The normalized spacial score (nSPS) is 13.5. The van der Waals surface area contributed by atoms with Gasteiger partial charge in [-0.25, -0.2) is 9.97 Å². The average molecular weight is 411 g/mol. The maximum atomic E-state index is 9.57. The van der Waals surface area contributed by atoms with Gasteiger partial charge in [-0.3, -0.25) is 4.90 Å². The number of halogens is 1. The zero-order chi connectivity index (χ0) is 21.0. The van der Waals surface area contributed by atoms with Crippen LogP contribution in [-0.4, -0.2) is 34.1 Å². The van der Waals surface area contributed by atoms with Crippen LogP contribution in [0.4, 0.5) is 5.82 Å². The van der Waals surface area contributed by atoms with Gasteiger partial charge in [0, 0.05) is 37.0 Å². The number of fused-ring (bicyclic) bond motifs is 1. The molecule has 1 N–H and O–H groups in total. The Balaban J connectivity index is 1.83. The summed E-state index contributed by atoms with van der Waals surface area (Å²) in [7, 11) is 0. The molecule has 0 bridgehead atoms. The van der Waals surface area contributed by atoms with Crippen LogP contribution in [0.25, 0.3) is 0 Å². The second-order valence-corrected chi connectivity index (χ2v) is 7.59. The first kappa shape index (κ1) is 20.9. The van der Waals surface area contributed by atoms with Crippen molar-refractivity contribution < 1.29 is 4.74 Å². The molecule has 8 heteroatoms. The Kier molecular flexibility index (Phi) is 6.53. The van der Waals surface area contributed by atoms with Crippen molar-refractivity contribution in [3.05, 3.63) is 45.2 Å². The van der Waals surface area contributed by atoms with Crippen LogP contribution in [0, 0.1) is 29.6 Å². The van der Waals surface area contributed by atoms with Gasteiger partial charge in [-0.1, -0.05) is 17.7 Å². The first-order valence-electron chi connectivity index (χ1n) is 9.50. The van der Waals surface area contributed by atoms with Gasteiger partial charge in [-0.2, -0.15) is 10.5 Å². The first-order chi connectivity index (χ1) is 13.9. The van der Waals surface area contributed by atoms with Gasteiger partial charge in [0.05, 0.1) is 17.7 Å². The Morgan fingerprint density at radius 3 is 2.72 bits per heavy atom. The van der Waals surface area contributed by atoms with Crippen molar-refractivity contribution in [3.8, 4) is 18.0 Å². The SMILES string of the molecule is Cc1nc(OC(C)C)ccc1CN1CCc2c(NCC#N)nc(Cl)c(C#N)c2C1. The molecule has 0 spiro atoms. The molecule has 3 heterocycles. The number of rotatable bonds is 6. The Morgan fingerprint density at radius 2 is 2.07 bits per heavy atom. The van der Waals surface area contributed by atoms with Crippen molar-refractivity contribution in [2.45, 2.75) is 46.4 Å². The van der Waals surface area contributed by atoms with Gasteiger partial charge >= 0.3 is 0 Å². The zero-order valence-electron chi connectivity index (χ0n) is 16.8. The summed E-state index contributed by atoms with van der Waals surface area (Å²) in [6.07, 6.45) is 0.807. The Hall–Kier alpha value is -2.87. The van der Waals surface area contributed by atoms with E-state index in [9.17, 15) is 5.26 Å². The molecule has 0 saturated heterocycles. The fourth-order valence-electron chi connectivity index (χ4n) is 3.46. The molecule has 0 radical (unpaired) electrons. The number of aromatic nitrogens is 2. The largest absolute Gasteiger partial charge is 0.475 e. The van der Waals surface area contributed by atoms with Crippen molar-refractivity contribution >= 4 is 17.4 Å². The second kappa shape index (κ2) is 9.09. The number of nitriles is 2. The van der Waals surface area contributed by atoms with Crippen molar-refractivity contribution in [1.29, 1.82) is 10.5 Å². The number of hydrogen-bond acceptors (Lipinski definition) is 7. The van der Waals surface area contributed by atoms with E-state index in [1.165, 1.54) is 0 Å². The molecule has 29 heavy (non-hydrogen) atoms. The highest BCUT2D eigenvalue weighted by Gasteiger charge is 2.25. The lowest BCUT2D eigenvalue weighted by Crippen LogP contribution is -2.32. The number of pyridine rings is 2. The number of anilines is 1. The molecule has 2 aromatic rings. The van der Waals surface area contributed by atoms with Crippen LogP contribution >= 0.6 is 11.6 Å². The smallest absolute Gasteiger partial charge is 0.213 e. The molecule has 1 aliphatic heterocycles. The summed E-state index contributed by atoms with van der Waals surface area (Å²) < 4.78 is 5.66. The standard InChI is InChI=1S/C21H23ClN6O/c1-13(2)29-19-5-4-15(14(3)26-19)11-28-9-6-16-18(12-28)17(10-24)20(22)27-21(16)25-8-7-23/h4-5,13H,6,8-9,11-12H2,1-3H3,(H,25,27). The minimum atomic E-state index is 0.0814. The Morgan fingerprint density at radius 1 is 1.28 bits per heavy atom. The fraction of sp³-hybridized carbons (Fsp3) is 0.429. The maximum absolute atomic E-state index is 9.57. The molecule has 0 unspecified atom stereocenters. The lowest BCUT2D eigenvalue weighted by atomic mass is 9.96. The number of ether oxygens (including phenoxy) is 1. The molecule has 0 fully saturated rings. The molecule has 2 aromatic heterocycles. The minimum absolute atomic E-state index is 0.0814. The topological polar surface area (TPSA) is 97.9 Å². The summed E-state index contributed by atoms with van der Waals surface area (Å²) in [4.78, 5) is 11.1. The second-order valence-electron chi connectivity index (χ2n) is 7.23. The molecular weight excluding hydrogens is 388 g/mol. The van der Waals surface area contributed by atoms with Gasteiger partial charge in [0.15, 0.2) is 0 Å². The summed E-state index contributed by atoms with van der Waals surface area (Å²) in [6.45, 7) is 8.18. The van der Waals surface area contributed by atoms with Gasteiger partial charge < -0.3 is 10.1 Å². The van der Waals surface area contributed by atoms with Crippen LogP contribution in [0.1, 0.15) is 41.8 Å². The highest BCUT2D eigenvalue weighted by molar-refractivity contribution is 6.30. The highest BCUT2D eigenvalue weighted by Crippen LogP contribution is 2.32. The van der Waals surface area contributed by atoms with Crippen molar-refractivity contribution in [2.75, 3.05) is 18.4 Å². The Bertz CT molecular complexity index is 992. The Labute approximate surface area is 175 Å². The number of aryl methyl sites for hydroxylation is 1. The van der Waals surface area contributed by atoms with Crippen LogP contribution in [0.3, 0.4) is 0 Å². The van der Waals surface area contributed by atoms with E-state index in [1.807, 2.05) is 39.0 Å². The summed E-state index contributed by atoms with van der Waals surface area (Å²) >= 11 is 6.24. The van der Waals surface area contributed by atoms with Crippen molar-refractivity contribution in [3.63, 3.8) is 0 Å². The molecule has 3 rings (SSSR count). The van der Waals surface area contributed by atoms with Crippen LogP contribution in [-0.2, 0) is 19.5 Å². The molecule has 0 atom stereocenters. The third-order valence-electron chi connectivity index (χ3n) is 4.79. The molecule has 0 saturated carbocycles. The van der Waals surface area contributed by atoms with E-state index >= 15 is 0 Å². The lowest BCUT2D eigenvalue weighted by molar-refractivity contribution is 0.230. The third-order valence-corrected chi connectivity index (χ3v) is 5.07. The first-order valence-corrected chi connectivity index (χ1v) is 9.88. The van der Waals surface area contributed by atoms with Crippen LogP contribution < -0.4 is 10.1 Å². The van der Waals surface area contributed by atoms with E-state index in [0.717, 1.165) is 35.3 Å². The van der Waals surface area contributed by atoms with Crippen LogP contribution in [0.15, 0.2) is 12.1 Å². The predicted molar refractivity (Wildman–Crippen MR) is 111 cm³/mol. The lowest BCUT2D eigenvalue weighted by Gasteiger charge is -2.31. The number of nitrogens with zero attached hydrogens (tertiary/aromatic N) is 5. The minimum Gasteiger partial charge on any atom is -0.475 e. The van der Waals surface area contributed by atoms with Gasteiger partial charge in [-0.05, 0) is 38.3 Å². The molecule has 1 aliphatic rings. The summed E-state index contributed by atoms with van der Waals surface area (Å²) in [5.41, 5.74) is 4.30.